The van der Waals surface area contributed by atoms with Crippen LogP contribution >= 0.6 is 0 Å². The van der Waals surface area contributed by atoms with Crippen LogP contribution in [0.25, 0.3) is 0 Å². The van der Waals surface area contributed by atoms with Crippen LogP contribution in [0.15, 0.2) is 48.5 Å². The molecule has 116 valence electrons. The summed E-state index contributed by atoms with van der Waals surface area (Å²) in [5.41, 5.74) is 1.96. The van der Waals surface area contributed by atoms with Crippen molar-refractivity contribution in [2.75, 3.05) is 6.61 Å². The van der Waals surface area contributed by atoms with E-state index in [1.165, 1.54) is 12.8 Å². The van der Waals surface area contributed by atoms with Gasteiger partial charge in [-0.1, -0.05) is 49.2 Å². The molecule has 0 heterocycles. The summed E-state index contributed by atoms with van der Waals surface area (Å²) in [4.78, 5) is 0. The van der Waals surface area contributed by atoms with Gasteiger partial charge >= 0.3 is 0 Å². The Hall–Kier alpha value is -2.00. The Morgan fingerprint density at radius 3 is 2.45 bits per heavy atom. The minimum atomic E-state index is 0.0119. The first-order chi connectivity index (χ1) is 10.8. The highest BCUT2D eigenvalue weighted by molar-refractivity contribution is 5.43. The predicted octanol–water partition coefficient (Wildman–Crippen LogP) is 3.94. The van der Waals surface area contributed by atoms with Crippen LogP contribution in [0.3, 0.4) is 0 Å². The largest absolute Gasteiger partial charge is 0.490 e. The van der Waals surface area contributed by atoms with Gasteiger partial charge in [-0.05, 0) is 35.6 Å². The lowest BCUT2D eigenvalue weighted by Gasteiger charge is -2.14. The molecule has 1 N–H and O–H groups in total. The number of hydrogen-bond donors (Lipinski definition) is 1. The lowest BCUT2D eigenvalue weighted by atomic mass is 10.2. The van der Waals surface area contributed by atoms with E-state index < -0.39 is 0 Å². The molecule has 0 saturated heterocycles. The molecule has 0 aromatic heterocycles. The summed E-state index contributed by atoms with van der Waals surface area (Å²) in [7, 11) is 0. The summed E-state index contributed by atoms with van der Waals surface area (Å²) >= 11 is 0. The maximum Gasteiger partial charge on any atom is 0.161 e. The van der Waals surface area contributed by atoms with E-state index in [1.807, 2.05) is 48.5 Å². The normalized spacial score (nSPS) is 13.9. The van der Waals surface area contributed by atoms with Gasteiger partial charge in [0.2, 0.25) is 0 Å². The van der Waals surface area contributed by atoms with Gasteiger partial charge in [0.15, 0.2) is 11.5 Å². The van der Waals surface area contributed by atoms with Crippen LogP contribution in [-0.4, -0.2) is 11.7 Å². The fourth-order valence-corrected chi connectivity index (χ4v) is 2.36. The molecule has 2 aromatic rings. The number of rotatable bonds is 8. The Morgan fingerprint density at radius 1 is 0.909 bits per heavy atom. The van der Waals surface area contributed by atoms with Crippen molar-refractivity contribution in [1.29, 1.82) is 0 Å². The highest BCUT2D eigenvalue weighted by Gasteiger charge is 2.21. The van der Waals surface area contributed by atoms with Gasteiger partial charge in [-0.3, -0.25) is 0 Å². The third-order valence-corrected chi connectivity index (χ3v) is 3.91. The van der Waals surface area contributed by atoms with Crippen LogP contribution < -0.4 is 9.47 Å². The fourth-order valence-electron chi connectivity index (χ4n) is 2.36. The van der Waals surface area contributed by atoms with Crippen LogP contribution in [0.4, 0.5) is 0 Å². The zero-order valence-electron chi connectivity index (χ0n) is 12.7. The van der Waals surface area contributed by atoms with E-state index >= 15 is 0 Å². The molecule has 2 aromatic carbocycles. The van der Waals surface area contributed by atoms with Crippen LogP contribution in [0.1, 0.15) is 30.4 Å². The van der Waals surface area contributed by atoms with Crippen molar-refractivity contribution in [3.8, 4) is 11.5 Å². The molecule has 0 aliphatic heterocycles. The van der Waals surface area contributed by atoms with Gasteiger partial charge < -0.3 is 14.6 Å². The van der Waals surface area contributed by atoms with E-state index in [0.717, 1.165) is 35.0 Å². The number of aliphatic hydroxyl groups excluding tert-OH is 1. The highest BCUT2D eigenvalue weighted by Crippen LogP contribution is 2.34. The predicted molar refractivity (Wildman–Crippen MR) is 86.0 cm³/mol. The van der Waals surface area contributed by atoms with Crippen LogP contribution in [0.5, 0.6) is 11.5 Å². The molecule has 0 amide bonds. The smallest absolute Gasteiger partial charge is 0.161 e. The van der Waals surface area contributed by atoms with E-state index in [-0.39, 0.29) is 6.61 Å². The lowest BCUT2D eigenvalue weighted by molar-refractivity contribution is 0.252. The Kier molecular flexibility index (Phi) is 4.96. The molecule has 0 spiro atoms. The average Bonchev–Trinajstić information content (AvgIpc) is 3.39. The zero-order valence-corrected chi connectivity index (χ0v) is 12.7. The third kappa shape index (κ3) is 4.25. The first-order valence-corrected chi connectivity index (χ1v) is 7.88. The van der Waals surface area contributed by atoms with Crippen LogP contribution in [0, 0.1) is 5.92 Å². The summed E-state index contributed by atoms with van der Waals surface area (Å²) in [5.74, 6) is 2.30. The molecule has 0 unspecified atom stereocenters. The minimum absolute atomic E-state index is 0.0119. The summed E-state index contributed by atoms with van der Waals surface area (Å²) in [6, 6.07) is 15.7. The van der Waals surface area contributed by atoms with Gasteiger partial charge in [-0.25, -0.2) is 0 Å². The summed E-state index contributed by atoms with van der Waals surface area (Å²) in [5, 5.41) is 9.29. The van der Waals surface area contributed by atoms with Gasteiger partial charge in [0.25, 0.3) is 0 Å². The van der Waals surface area contributed by atoms with Gasteiger partial charge in [0, 0.05) is 0 Å². The van der Waals surface area contributed by atoms with E-state index in [2.05, 4.69) is 0 Å². The minimum Gasteiger partial charge on any atom is -0.490 e. The molecule has 0 atom stereocenters. The fraction of sp³-hybridized carbons (Fsp3) is 0.368. The van der Waals surface area contributed by atoms with E-state index in [1.54, 1.807) is 0 Å². The average molecular weight is 298 g/mol. The van der Waals surface area contributed by atoms with Crippen molar-refractivity contribution in [3.63, 3.8) is 0 Å². The van der Waals surface area contributed by atoms with Crippen LogP contribution in [-0.2, 0) is 13.2 Å². The summed E-state index contributed by atoms with van der Waals surface area (Å²) < 4.78 is 11.8. The first kappa shape index (κ1) is 14.9. The standard InChI is InChI=1S/C19H22O3/c20-13-17-8-9-18(22-14-16-4-2-1-3-5-16)19(12-17)21-11-10-15-6-7-15/h1-5,8-9,12,15,20H,6-7,10-11,13-14H2. The Bertz CT molecular complexity index is 591. The van der Waals surface area contributed by atoms with Crippen LogP contribution in [0.2, 0.25) is 0 Å². The van der Waals surface area contributed by atoms with Crippen molar-refractivity contribution in [1.82, 2.24) is 0 Å². The Labute approximate surface area is 131 Å². The molecule has 3 rings (SSSR count). The molecule has 1 saturated carbocycles. The highest BCUT2D eigenvalue weighted by atomic mass is 16.5. The second-order valence-electron chi connectivity index (χ2n) is 5.79. The Balaban J connectivity index is 1.64. The SMILES string of the molecule is OCc1ccc(OCc2ccccc2)c(OCCC2CC2)c1. The molecule has 1 aliphatic rings. The Morgan fingerprint density at radius 2 is 1.73 bits per heavy atom. The molecule has 3 nitrogen and oxygen atoms in total. The maximum absolute atomic E-state index is 9.29. The molecule has 3 heteroatoms. The number of hydrogen-bond acceptors (Lipinski definition) is 3. The monoisotopic (exact) mass is 298 g/mol. The molecule has 0 bridgehead atoms. The van der Waals surface area contributed by atoms with Crippen molar-refractivity contribution in [2.24, 2.45) is 5.92 Å². The molecular formula is C19H22O3. The van der Waals surface area contributed by atoms with Crippen molar-refractivity contribution in [2.45, 2.75) is 32.5 Å². The molecule has 1 aliphatic carbocycles. The lowest BCUT2D eigenvalue weighted by Crippen LogP contribution is -2.03. The number of aliphatic hydroxyl groups is 1. The summed E-state index contributed by atoms with van der Waals surface area (Å²) in [6.45, 7) is 1.23. The molecular weight excluding hydrogens is 276 g/mol. The van der Waals surface area contributed by atoms with Gasteiger partial charge in [0.05, 0.1) is 13.2 Å². The van der Waals surface area contributed by atoms with Gasteiger partial charge in [-0.15, -0.1) is 0 Å². The number of benzene rings is 2. The first-order valence-electron chi connectivity index (χ1n) is 7.88. The quantitative estimate of drug-likeness (QED) is 0.802. The van der Waals surface area contributed by atoms with E-state index in [9.17, 15) is 5.11 Å². The second kappa shape index (κ2) is 7.32. The number of ether oxygens (including phenoxy) is 2. The van der Waals surface area contributed by atoms with Gasteiger partial charge in [-0.2, -0.15) is 0 Å². The summed E-state index contributed by atoms with van der Waals surface area (Å²) in [6.07, 6.45) is 3.76. The molecule has 22 heavy (non-hydrogen) atoms. The molecule has 1 fully saturated rings. The van der Waals surface area contributed by atoms with Crippen molar-refractivity contribution < 1.29 is 14.6 Å². The zero-order chi connectivity index (χ0) is 15.2. The topological polar surface area (TPSA) is 38.7 Å². The van der Waals surface area contributed by atoms with Crippen molar-refractivity contribution >= 4 is 0 Å². The van der Waals surface area contributed by atoms with Gasteiger partial charge in [0.1, 0.15) is 6.61 Å². The third-order valence-electron chi connectivity index (χ3n) is 3.91. The van der Waals surface area contributed by atoms with E-state index in [0.29, 0.717) is 13.2 Å². The van der Waals surface area contributed by atoms with Crippen molar-refractivity contribution in [3.05, 3.63) is 59.7 Å². The molecule has 0 radical (unpaired) electrons. The maximum atomic E-state index is 9.29. The van der Waals surface area contributed by atoms with E-state index in [4.69, 9.17) is 9.47 Å². The second-order valence-corrected chi connectivity index (χ2v) is 5.79.